The molecule has 3 atom stereocenters. The largest absolute Gasteiger partial charge is 0.434 e. The predicted molar refractivity (Wildman–Crippen MR) is 126 cm³/mol. The molecule has 3 aromatic heterocycles. The Bertz CT molecular complexity index is 1330. The maximum atomic E-state index is 13.2. The van der Waals surface area contributed by atoms with E-state index in [0.717, 1.165) is 18.8 Å². The number of piperidine rings is 1. The van der Waals surface area contributed by atoms with Gasteiger partial charge in [0.05, 0.1) is 19.5 Å². The molecule has 0 radical (unpaired) electrons. The fourth-order valence-corrected chi connectivity index (χ4v) is 6.08. The van der Waals surface area contributed by atoms with Gasteiger partial charge in [0.25, 0.3) is 0 Å². The summed E-state index contributed by atoms with van der Waals surface area (Å²) in [5.74, 6) is 1.06. The highest BCUT2D eigenvalue weighted by Crippen LogP contribution is 2.49. The summed E-state index contributed by atoms with van der Waals surface area (Å²) < 4.78 is 54.0. The molecule has 35 heavy (non-hydrogen) atoms. The number of alkyl halides is 3. The maximum absolute atomic E-state index is 13.2. The molecule has 2 aliphatic rings. The molecule has 13 heteroatoms. The third kappa shape index (κ3) is 4.64. The van der Waals surface area contributed by atoms with Crippen LogP contribution in [0.5, 0.6) is 0 Å². The molecule has 0 saturated carbocycles. The lowest BCUT2D eigenvalue weighted by Crippen LogP contribution is -2.45. The molecule has 186 valence electrons. The lowest BCUT2D eigenvalue weighted by atomic mass is 9.87. The van der Waals surface area contributed by atoms with Crippen LogP contribution in [0.4, 0.5) is 19.0 Å². The first-order chi connectivity index (χ1) is 16.5. The molecule has 0 amide bonds. The number of nitrogens with one attached hydrogen (secondary N) is 2. The second kappa shape index (κ2) is 8.60. The molecule has 2 N–H and O–H groups in total. The Morgan fingerprint density at radius 1 is 1.14 bits per heavy atom. The van der Waals surface area contributed by atoms with Crippen molar-refractivity contribution in [3.05, 3.63) is 48.3 Å². The van der Waals surface area contributed by atoms with Gasteiger partial charge in [0.1, 0.15) is 11.5 Å². The van der Waals surface area contributed by atoms with Crippen molar-refractivity contribution in [1.29, 1.82) is 0 Å². The van der Waals surface area contributed by atoms with Crippen LogP contribution in [-0.4, -0.2) is 62.5 Å². The quantitative estimate of drug-likeness (QED) is 0.520. The Balaban J connectivity index is 1.51. The minimum absolute atomic E-state index is 0.00965. The van der Waals surface area contributed by atoms with Gasteiger partial charge in [-0.2, -0.15) is 13.2 Å². The van der Waals surface area contributed by atoms with E-state index in [4.69, 9.17) is 0 Å². The van der Waals surface area contributed by atoms with E-state index in [2.05, 4.69) is 42.6 Å². The topological polar surface area (TPSA) is 100 Å². The monoisotopic (exact) mass is 506 g/mol. The summed E-state index contributed by atoms with van der Waals surface area (Å²) in [6.45, 7) is 6.97. The van der Waals surface area contributed by atoms with E-state index in [1.165, 1.54) is 16.2 Å². The van der Waals surface area contributed by atoms with Crippen LogP contribution in [0.25, 0.3) is 17.2 Å². The molecule has 3 aromatic rings. The van der Waals surface area contributed by atoms with Crippen LogP contribution >= 0.6 is 7.14 Å². The molecular formula is C22H26F3N8OP. The van der Waals surface area contributed by atoms with Crippen LogP contribution in [0.2, 0.25) is 0 Å². The van der Waals surface area contributed by atoms with Gasteiger partial charge in [-0.05, 0) is 38.3 Å². The van der Waals surface area contributed by atoms with Crippen molar-refractivity contribution in [2.75, 3.05) is 31.3 Å². The van der Waals surface area contributed by atoms with Crippen molar-refractivity contribution in [1.82, 2.24) is 35.2 Å². The number of hydrogen-bond acceptors (Lipinski definition) is 8. The first kappa shape index (κ1) is 23.7. The summed E-state index contributed by atoms with van der Waals surface area (Å²) in [7, 11) is -2.39. The van der Waals surface area contributed by atoms with Gasteiger partial charge >= 0.3 is 6.18 Å². The molecule has 0 aliphatic carbocycles. The summed E-state index contributed by atoms with van der Waals surface area (Å²) in [6.07, 6.45) is 3.21. The average molecular weight is 506 g/mol. The van der Waals surface area contributed by atoms with E-state index in [-0.39, 0.29) is 29.1 Å². The lowest BCUT2D eigenvalue weighted by molar-refractivity contribution is -0.141. The number of nitrogens with zero attached hydrogens (tertiary/aromatic N) is 6. The van der Waals surface area contributed by atoms with Gasteiger partial charge in [-0.1, -0.05) is 0 Å². The average Bonchev–Trinajstić information content (AvgIpc) is 3.43. The van der Waals surface area contributed by atoms with Crippen molar-refractivity contribution in [2.45, 2.75) is 31.2 Å². The molecule has 1 fully saturated rings. The maximum Gasteiger partial charge on any atom is 0.434 e. The van der Waals surface area contributed by atoms with E-state index in [1.54, 1.807) is 12.3 Å². The van der Waals surface area contributed by atoms with Crippen molar-refractivity contribution in [3.8, 4) is 11.5 Å². The fourth-order valence-electron chi connectivity index (χ4n) is 4.73. The Hall–Kier alpha value is -2.98. The van der Waals surface area contributed by atoms with Gasteiger partial charge in [-0.25, -0.2) is 25.4 Å². The van der Waals surface area contributed by atoms with Gasteiger partial charge < -0.3 is 14.9 Å². The molecule has 5 heterocycles. The summed E-state index contributed by atoms with van der Waals surface area (Å²) in [6, 6.07) is 1.93. The minimum atomic E-state index is -4.58. The third-order valence-corrected chi connectivity index (χ3v) is 8.83. The summed E-state index contributed by atoms with van der Waals surface area (Å²) in [4.78, 5) is 18.7. The SMILES string of the molecule is CC1NNC=C1C1CC(P(C)(C)=O)CN(c2ccnc(-c3cnc4cnc(C(F)(F)F)cn34)n2)C1. The van der Waals surface area contributed by atoms with Crippen LogP contribution in [0.15, 0.2) is 42.6 Å². The third-order valence-electron chi connectivity index (χ3n) is 6.70. The summed E-state index contributed by atoms with van der Waals surface area (Å²) >= 11 is 0. The number of fused-ring (bicyclic) bond motifs is 1. The smallest absolute Gasteiger partial charge is 0.355 e. The summed E-state index contributed by atoms with van der Waals surface area (Å²) in [5, 5.41) is 0. The number of imidazole rings is 1. The van der Waals surface area contributed by atoms with Crippen molar-refractivity contribution >= 4 is 18.6 Å². The van der Waals surface area contributed by atoms with Crippen LogP contribution in [-0.2, 0) is 10.7 Å². The molecule has 0 bridgehead atoms. The first-order valence-electron chi connectivity index (χ1n) is 11.2. The normalized spacial score (nSPS) is 23.4. The van der Waals surface area contributed by atoms with Crippen LogP contribution in [0, 0.1) is 5.92 Å². The van der Waals surface area contributed by atoms with Crippen molar-refractivity contribution < 1.29 is 17.7 Å². The zero-order chi connectivity index (χ0) is 25.0. The molecule has 2 aliphatic heterocycles. The molecule has 3 unspecified atom stereocenters. The highest BCUT2D eigenvalue weighted by molar-refractivity contribution is 7.63. The number of rotatable bonds is 4. The van der Waals surface area contributed by atoms with Crippen LogP contribution < -0.4 is 15.8 Å². The molecular weight excluding hydrogens is 480 g/mol. The Morgan fingerprint density at radius 2 is 1.94 bits per heavy atom. The van der Waals surface area contributed by atoms with Gasteiger partial charge in [-0.15, -0.1) is 0 Å². The number of aromatic nitrogens is 5. The standard InChI is InChI=1S/C22H26F3N8OP/c1-13-16(7-29-31-13)14-6-15(35(2,3)34)11-32(10-14)19-4-5-26-21(30-19)17-8-28-20-9-27-18(12-33(17)20)22(23,24)25/h4-5,7-9,12-15,29,31H,6,10-11H2,1-3H3. The highest BCUT2D eigenvalue weighted by atomic mass is 31.2. The van der Waals surface area contributed by atoms with Gasteiger partial charge in [0, 0.05) is 49.3 Å². The Labute approximate surface area is 200 Å². The van der Waals surface area contributed by atoms with E-state index in [9.17, 15) is 17.7 Å². The van der Waals surface area contributed by atoms with Gasteiger partial charge in [0.15, 0.2) is 17.2 Å². The van der Waals surface area contributed by atoms with E-state index >= 15 is 0 Å². The van der Waals surface area contributed by atoms with Crippen LogP contribution in [0.1, 0.15) is 19.0 Å². The zero-order valence-corrected chi connectivity index (χ0v) is 20.4. The number of halogens is 3. The second-order valence-corrected chi connectivity index (χ2v) is 13.1. The predicted octanol–water partition coefficient (Wildman–Crippen LogP) is 3.40. The number of hydrazine groups is 1. The van der Waals surface area contributed by atoms with E-state index in [0.29, 0.717) is 24.6 Å². The van der Waals surface area contributed by atoms with Gasteiger partial charge in [-0.3, -0.25) is 4.40 Å². The molecule has 0 aromatic carbocycles. The van der Waals surface area contributed by atoms with Crippen molar-refractivity contribution in [2.24, 2.45) is 5.92 Å². The number of anilines is 1. The molecule has 0 spiro atoms. The van der Waals surface area contributed by atoms with Crippen LogP contribution in [0.3, 0.4) is 0 Å². The fraction of sp³-hybridized carbons (Fsp3) is 0.455. The molecule has 1 saturated heterocycles. The first-order valence-corrected chi connectivity index (χ1v) is 13.9. The Kier molecular flexibility index (Phi) is 5.83. The van der Waals surface area contributed by atoms with Crippen molar-refractivity contribution in [3.63, 3.8) is 0 Å². The number of hydrogen-bond donors (Lipinski definition) is 2. The lowest BCUT2D eigenvalue weighted by Gasteiger charge is -2.41. The highest BCUT2D eigenvalue weighted by Gasteiger charge is 2.38. The van der Waals surface area contributed by atoms with E-state index in [1.807, 2.05) is 19.5 Å². The van der Waals surface area contributed by atoms with E-state index < -0.39 is 19.0 Å². The molecule has 9 nitrogen and oxygen atoms in total. The minimum Gasteiger partial charge on any atom is -0.355 e. The summed E-state index contributed by atoms with van der Waals surface area (Å²) in [5.41, 5.74) is 7.03. The molecule has 5 rings (SSSR count). The zero-order valence-electron chi connectivity index (χ0n) is 19.5. The Morgan fingerprint density at radius 3 is 2.63 bits per heavy atom. The second-order valence-electron chi connectivity index (χ2n) is 9.46. The van der Waals surface area contributed by atoms with Gasteiger partial charge in [0.2, 0.25) is 0 Å².